The van der Waals surface area contributed by atoms with Crippen LogP contribution in [-0.2, 0) is 4.79 Å². The monoisotopic (exact) mass is 252 g/mol. The van der Waals surface area contributed by atoms with Crippen molar-refractivity contribution in [2.45, 2.75) is 39.3 Å². The fourth-order valence-electron chi connectivity index (χ4n) is 1.34. The van der Waals surface area contributed by atoms with E-state index in [0.717, 1.165) is 6.42 Å². The van der Waals surface area contributed by atoms with Crippen LogP contribution in [0.5, 0.6) is 11.5 Å². The van der Waals surface area contributed by atoms with Crippen LogP contribution in [0, 0.1) is 0 Å². The Morgan fingerprint density at radius 3 is 2.78 bits per heavy atom. The van der Waals surface area contributed by atoms with E-state index in [1.165, 1.54) is 6.07 Å². The van der Waals surface area contributed by atoms with Crippen molar-refractivity contribution in [3.05, 3.63) is 18.2 Å². The quantitative estimate of drug-likeness (QED) is 0.549. The highest BCUT2D eigenvalue weighted by molar-refractivity contribution is 5.81. The van der Waals surface area contributed by atoms with Crippen molar-refractivity contribution in [3.63, 3.8) is 0 Å². The van der Waals surface area contributed by atoms with Crippen molar-refractivity contribution < 1.29 is 14.6 Å². The zero-order valence-corrected chi connectivity index (χ0v) is 10.9. The minimum absolute atomic E-state index is 0.0537. The average Bonchev–Trinajstić information content (AvgIpc) is 2.34. The van der Waals surface area contributed by atoms with Gasteiger partial charge in [-0.25, -0.2) is 0 Å². The van der Waals surface area contributed by atoms with E-state index >= 15 is 0 Å². The second-order valence-electron chi connectivity index (χ2n) is 4.27. The third kappa shape index (κ3) is 3.55. The number of nitrogens with two attached hydrogens (primary N) is 1. The summed E-state index contributed by atoms with van der Waals surface area (Å²) < 4.78 is 5.44. The summed E-state index contributed by atoms with van der Waals surface area (Å²) in [6.45, 7) is 5.55. The number of amides is 1. The predicted molar refractivity (Wildman–Crippen MR) is 70.5 cm³/mol. The standard InChI is InChI=1S/C13H20N2O3/c1-4-8(2)15-13(17)9(3)18-11-7-5-6-10(16)12(11)14/h5-9,16H,4,14H2,1-3H3,(H,15,17). The minimum Gasteiger partial charge on any atom is -0.506 e. The molecule has 0 saturated carbocycles. The van der Waals surface area contributed by atoms with E-state index in [-0.39, 0.29) is 23.4 Å². The molecule has 1 aromatic carbocycles. The number of anilines is 1. The number of rotatable bonds is 5. The highest BCUT2D eigenvalue weighted by Gasteiger charge is 2.17. The molecule has 1 aromatic rings. The Morgan fingerprint density at radius 2 is 2.17 bits per heavy atom. The lowest BCUT2D eigenvalue weighted by atomic mass is 10.2. The number of nitrogen functional groups attached to an aromatic ring is 1. The molecule has 0 heterocycles. The van der Waals surface area contributed by atoms with Gasteiger partial charge in [-0.15, -0.1) is 0 Å². The second-order valence-corrected chi connectivity index (χ2v) is 4.27. The smallest absolute Gasteiger partial charge is 0.260 e. The summed E-state index contributed by atoms with van der Waals surface area (Å²) in [7, 11) is 0. The lowest BCUT2D eigenvalue weighted by Crippen LogP contribution is -2.41. The van der Waals surface area contributed by atoms with Crippen molar-refractivity contribution in [1.29, 1.82) is 0 Å². The number of aromatic hydroxyl groups is 1. The first kappa shape index (κ1) is 14.2. The molecule has 0 fully saturated rings. The number of phenolic OH excluding ortho intramolecular Hbond substituents is 1. The van der Waals surface area contributed by atoms with Crippen molar-refractivity contribution in [1.82, 2.24) is 5.32 Å². The number of hydrogen-bond donors (Lipinski definition) is 3. The molecule has 0 aliphatic carbocycles. The average molecular weight is 252 g/mol. The van der Waals surface area contributed by atoms with Crippen molar-refractivity contribution in [2.75, 3.05) is 5.73 Å². The van der Waals surface area contributed by atoms with E-state index in [2.05, 4.69) is 5.32 Å². The van der Waals surface area contributed by atoms with Crippen LogP contribution in [0.2, 0.25) is 0 Å². The molecule has 2 atom stereocenters. The summed E-state index contributed by atoms with van der Waals surface area (Å²) in [5.41, 5.74) is 5.79. The van der Waals surface area contributed by atoms with Gasteiger partial charge in [0.25, 0.3) is 5.91 Å². The van der Waals surface area contributed by atoms with E-state index in [0.29, 0.717) is 5.75 Å². The summed E-state index contributed by atoms with van der Waals surface area (Å²) in [4.78, 5) is 11.8. The van der Waals surface area contributed by atoms with Crippen LogP contribution >= 0.6 is 0 Å². The topological polar surface area (TPSA) is 84.6 Å². The largest absolute Gasteiger partial charge is 0.506 e. The van der Waals surface area contributed by atoms with Gasteiger partial charge < -0.3 is 20.9 Å². The van der Waals surface area contributed by atoms with Gasteiger partial charge in [0, 0.05) is 6.04 Å². The zero-order valence-electron chi connectivity index (χ0n) is 10.9. The molecule has 0 aliphatic rings. The van der Waals surface area contributed by atoms with Crippen molar-refractivity contribution in [2.24, 2.45) is 0 Å². The number of phenols is 1. The van der Waals surface area contributed by atoms with Crippen LogP contribution in [-0.4, -0.2) is 23.2 Å². The molecule has 5 nitrogen and oxygen atoms in total. The van der Waals surface area contributed by atoms with Crippen molar-refractivity contribution >= 4 is 11.6 Å². The van der Waals surface area contributed by atoms with Crippen LogP contribution in [0.4, 0.5) is 5.69 Å². The molecular formula is C13H20N2O3. The van der Waals surface area contributed by atoms with Gasteiger partial charge in [-0.05, 0) is 32.4 Å². The lowest BCUT2D eigenvalue weighted by Gasteiger charge is -2.18. The number of carbonyl (C=O) groups is 1. The molecule has 0 saturated heterocycles. The number of para-hydroxylation sites is 1. The fraction of sp³-hybridized carbons (Fsp3) is 0.462. The van der Waals surface area contributed by atoms with Gasteiger partial charge in [-0.1, -0.05) is 13.0 Å². The highest BCUT2D eigenvalue weighted by atomic mass is 16.5. The molecule has 0 aliphatic heterocycles. The summed E-state index contributed by atoms with van der Waals surface area (Å²) >= 11 is 0. The first-order chi connectivity index (χ1) is 8.45. The normalized spacial score (nSPS) is 13.7. The fourth-order valence-corrected chi connectivity index (χ4v) is 1.34. The van der Waals surface area contributed by atoms with Gasteiger partial charge in [0.2, 0.25) is 0 Å². The van der Waals surface area contributed by atoms with Crippen LogP contribution in [0.3, 0.4) is 0 Å². The molecule has 1 rings (SSSR count). The Kier molecular flexibility index (Phi) is 4.83. The maximum absolute atomic E-state index is 11.8. The van der Waals surface area contributed by atoms with E-state index in [4.69, 9.17) is 10.5 Å². The Bertz CT molecular complexity index is 421. The summed E-state index contributed by atoms with van der Waals surface area (Å²) in [5.74, 6) is 0.0518. The van der Waals surface area contributed by atoms with E-state index in [9.17, 15) is 9.90 Å². The van der Waals surface area contributed by atoms with Gasteiger partial charge in [-0.2, -0.15) is 0 Å². The van der Waals surface area contributed by atoms with Crippen LogP contribution in [0.25, 0.3) is 0 Å². The number of nitrogens with one attached hydrogen (secondary N) is 1. The molecule has 0 spiro atoms. The van der Waals surface area contributed by atoms with Crippen molar-refractivity contribution in [3.8, 4) is 11.5 Å². The summed E-state index contributed by atoms with van der Waals surface area (Å²) in [6.07, 6.45) is 0.190. The maximum atomic E-state index is 11.8. The number of carbonyl (C=O) groups excluding carboxylic acids is 1. The minimum atomic E-state index is -0.664. The number of hydrogen-bond acceptors (Lipinski definition) is 4. The number of ether oxygens (including phenoxy) is 1. The molecule has 0 aromatic heterocycles. The SMILES string of the molecule is CCC(C)NC(=O)C(C)Oc1cccc(O)c1N. The molecule has 5 heteroatoms. The van der Waals surface area contributed by atoms with Crippen LogP contribution in [0.15, 0.2) is 18.2 Å². The van der Waals surface area contributed by atoms with Gasteiger partial charge in [0.15, 0.2) is 6.10 Å². The van der Waals surface area contributed by atoms with Gasteiger partial charge in [0.1, 0.15) is 17.2 Å². The van der Waals surface area contributed by atoms with Gasteiger partial charge in [0.05, 0.1) is 0 Å². The second kappa shape index (κ2) is 6.14. The summed E-state index contributed by atoms with van der Waals surface area (Å²) in [5, 5.41) is 12.2. The Morgan fingerprint density at radius 1 is 1.50 bits per heavy atom. The first-order valence-electron chi connectivity index (χ1n) is 6.00. The van der Waals surface area contributed by atoms with E-state index in [1.807, 2.05) is 13.8 Å². The molecule has 100 valence electrons. The van der Waals surface area contributed by atoms with E-state index < -0.39 is 6.10 Å². The molecular weight excluding hydrogens is 232 g/mol. The first-order valence-corrected chi connectivity index (χ1v) is 6.00. The maximum Gasteiger partial charge on any atom is 0.260 e. The molecule has 1 amide bonds. The Hall–Kier alpha value is -1.91. The molecule has 2 unspecified atom stereocenters. The summed E-state index contributed by atoms with van der Waals surface area (Å²) in [6, 6.07) is 4.79. The van der Waals surface area contributed by atoms with Gasteiger partial charge in [-0.3, -0.25) is 4.79 Å². The third-order valence-electron chi connectivity index (χ3n) is 2.72. The lowest BCUT2D eigenvalue weighted by molar-refractivity contribution is -0.127. The molecule has 0 radical (unpaired) electrons. The third-order valence-corrected chi connectivity index (χ3v) is 2.72. The van der Waals surface area contributed by atoms with Crippen LogP contribution < -0.4 is 15.8 Å². The zero-order chi connectivity index (χ0) is 13.7. The molecule has 4 N–H and O–H groups in total. The molecule has 18 heavy (non-hydrogen) atoms. The highest BCUT2D eigenvalue weighted by Crippen LogP contribution is 2.30. The number of benzene rings is 1. The van der Waals surface area contributed by atoms with Crippen LogP contribution in [0.1, 0.15) is 27.2 Å². The predicted octanol–water partition coefficient (Wildman–Crippen LogP) is 1.66. The van der Waals surface area contributed by atoms with Gasteiger partial charge >= 0.3 is 0 Å². The Balaban J connectivity index is 2.67. The van der Waals surface area contributed by atoms with E-state index in [1.54, 1.807) is 19.1 Å². The Labute approximate surface area is 107 Å². The molecule has 0 bridgehead atoms.